The van der Waals surface area contributed by atoms with Gasteiger partial charge in [-0.05, 0) is 6.92 Å². The zero-order chi connectivity index (χ0) is 5.15. The summed E-state index contributed by atoms with van der Waals surface area (Å²) in [5.41, 5.74) is 4.90. The first kappa shape index (κ1) is 2.85. The van der Waals surface area contributed by atoms with Crippen LogP contribution in [0.5, 0.6) is 0 Å². The summed E-state index contributed by atoms with van der Waals surface area (Å²) in [4.78, 5) is 9.69. The van der Waals surface area contributed by atoms with Gasteiger partial charge in [0.15, 0.2) is 0 Å². The zero-order valence-corrected chi connectivity index (χ0v) is 3.06. The lowest BCUT2D eigenvalue weighted by atomic mass is 10.4. The van der Waals surface area contributed by atoms with Crippen LogP contribution in [0.4, 0.5) is 0 Å². The van der Waals surface area contributed by atoms with Crippen LogP contribution in [0.2, 0.25) is 0 Å². The van der Waals surface area contributed by atoms with Crippen LogP contribution in [0.3, 0.4) is 0 Å². The molecule has 2 heteroatoms. The fourth-order valence-electron chi connectivity index (χ4n) is 0. The van der Waals surface area contributed by atoms with Crippen molar-refractivity contribution in [1.82, 2.24) is 0 Å². The highest BCUT2D eigenvalue weighted by atomic mass is 16.1. The summed E-state index contributed by atoms with van der Waals surface area (Å²) in [7, 11) is 0. The van der Waals surface area contributed by atoms with Gasteiger partial charge in [-0.1, -0.05) is 0 Å². The molecule has 0 fully saturated rings. The molecule has 5 heavy (non-hydrogen) atoms. The van der Waals surface area contributed by atoms with Crippen molar-refractivity contribution in [2.24, 2.45) is 5.73 Å². The number of hydrogen-bond acceptors (Lipinski definition) is 2. The zero-order valence-electron chi connectivity index (χ0n) is 4.06. The molecular weight excluding hydrogens is 66.0 g/mol. The second-order valence-corrected chi connectivity index (χ2v) is 0.907. The number of hydrogen-bond donors (Lipinski definition) is 1. The predicted octanol–water partition coefficient (Wildman–Crippen LogP) is -0.467. The Bertz CT molecular complexity index is 61.8. The molecule has 0 aliphatic heterocycles. The number of nitrogens with two attached hydrogens (primary N) is 1. The lowest BCUT2D eigenvalue weighted by molar-refractivity contribution is -0.108. The molecule has 0 aromatic carbocycles. The van der Waals surface area contributed by atoms with Gasteiger partial charge in [0.25, 0.3) is 0 Å². The van der Waals surface area contributed by atoms with Gasteiger partial charge in [-0.3, -0.25) is 0 Å². The fraction of sp³-hybridized carbons (Fsp3) is 0.667. The van der Waals surface area contributed by atoms with Gasteiger partial charge in [0.2, 0.25) is 0 Å². The second kappa shape index (κ2) is 1.91. The van der Waals surface area contributed by atoms with Gasteiger partial charge in [-0.2, -0.15) is 0 Å². The largest absolute Gasteiger partial charge is 0.322 e. The van der Waals surface area contributed by atoms with Gasteiger partial charge in [-0.25, -0.2) is 0 Å². The van der Waals surface area contributed by atoms with Crippen LogP contribution in [-0.2, 0) is 4.79 Å². The molecule has 0 bridgehead atoms. The molecule has 0 aromatic heterocycles. The standard InChI is InChI=1S/C3H7NO/c1-3(4)2-5/h2-3H,4H2,1H3/t3-/m0/s1/i2D. The summed E-state index contributed by atoms with van der Waals surface area (Å²) in [5, 5.41) is 0. The lowest BCUT2D eigenvalue weighted by Crippen LogP contribution is -2.15. The molecule has 0 heterocycles. The third-order valence-corrected chi connectivity index (χ3v) is 0.186. The van der Waals surface area contributed by atoms with E-state index in [-0.39, 0.29) is 0 Å². The van der Waals surface area contributed by atoms with Crippen molar-refractivity contribution in [1.29, 1.82) is 0 Å². The maximum Gasteiger partial charge on any atom is 0.136 e. The van der Waals surface area contributed by atoms with E-state index in [0.717, 1.165) is 0 Å². The molecule has 0 aliphatic rings. The Balaban J connectivity index is 3.26. The second-order valence-electron chi connectivity index (χ2n) is 0.907. The molecular formula is C3H7NO. The minimum atomic E-state index is -0.713. The Morgan fingerprint density at radius 3 is 2.60 bits per heavy atom. The van der Waals surface area contributed by atoms with Crippen LogP contribution >= 0.6 is 0 Å². The van der Waals surface area contributed by atoms with Crippen LogP contribution in [0.15, 0.2) is 0 Å². The first-order valence-corrected chi connectivity index (χ1v) is 1.40. The maximum absolute atomic E-state index is 9.69. The van der Waals surface area contributed by atoms with E-state index >= 15 is 0 Å². The van der Waals surface area contributed by atoms with Crippen LogP contribution in [0.25, 0.3) is 0 Å². The van der Waals surface area contributed by atoms with Crippen LogP contribution in [0, 0.1) is 0 Å². The molecule has 2 N–H and O–H groups in total. The first-order chi connectivity index (χ1) is 2.64. The highest BCUT2D eigenvalue weighted by Gasteiger charge is 1.79. The molecule has 0 spiro atoms. The van der Waals surface area contributed by atoms with E-state index in [9.17, 15) is 4.79 Å². The van der Waals surface area contributed by atoms with Crippen molar-refractivity contribution in [2.45, 2.75) is 13.0 Å². The van der Waals surface area contributed by atoms with Crippen LogP contribution < -0.4 is 5.73 Å². The minimum absolute atomic E-state index is 0.620. The van der Waals surface area contributed by atoms with Crippen molar-refractivity contribution in [3.63, 3.8) is 0 Å². The quantitative estimate of drug-likeness (QED) is 0.427. The molecule has 30 valence electrons. The van der Waals surface area contributed by atoms with E-state index in [4.69, 9.17) is 7.10 Å². The first-order valence-electron chi connectivity index (χ1n) is 1.90. The van der Waals surface area contributed by atoms with E-state index in [1.807, 2.05) is 0 Å². The molecule has 1 atom stereocenters. The normalized spacial score (nSPS) is 16.8. The van der Waals surface area contributed by atoms with Gasteiger partial charge >= 0.3 is 0 Å². The molecule has 2 nitrogen and oxygen atoms in total. The van der Waals surface area contributed by atoms with Gasteiger partial charge < -0.3 is 10.5 Å². The smallest absolute Gasteiger partial charge is 0.136 e. The summed E-state index contributed by atoms with van der Waals surface area (Å²) < 4.78 is 6.27. The van der Waals surface area contributed by atoms with E-state index in [1.54, 1.807) is 0 Å². The topological polar surface area (TPSA) is 43.1 Å². The van der Waals surface area contributed by atoms with Gasteiger partial charge in [-0.15, -0.1) is 0 Å². The highest BCUT2D eigenvalue weighted by Crippen LogP contribution is 1.55. The van der Waals surface area contributed by atoms with E-state index in [1.165, 1.54) is 6.92 Å². The van der Waals surface area contributed by atoms with Gasteiger partial charge in [0, 0.05) is 0 Å². The average molecular weight is 74.1 g/mol. The Morgan fingerprint density at radius 2 is 2.60 bits per heavy atom. The van der Waals surface area contributed by atoms with Gasteiger partial charge in [0.05, 0.1) is 6.04 Å². The average Bonchev–Trinajstić information content (AvgIpc) is 1.36. The van der Waals surface area contributed by atoms with Crippen molar-refractivity contribution in [3.05, 3.63) is 0 Å². The summed E-state index contributed by atoms with van der Waals surface area (Å²) in [6.45, 7) is 1.48. The number of rotatable bonds is 1. The van der Waals surface area contributed by atoms with Crippen LogP contribution in [-0.4, -0.2) is 12.3 Å². The Hall–Kier alpha value is -0.370. The number of carbonyl (C=O) groups is 1. The van der Waals surface area contributed by atoms with Crippen molar-refractivity contribution < 1.29 is 6.17 Å². The molecule has 0 unspecified atom stereocenters. The van der Waals surface area contributed by atoms with Crippen molar-refractivity contribution in [2.75, 3.05) is 0 Å². The number of aldehydes is 1. The molecule has 0 saturated heterocycles. The Kier molecular flexibility index (Phi) is 1.08. The van der Waals surface area contributed by atoms with Crippen molar-refractivity contribution in [3.8, 4) is 0 Å². The van der Waals surface area contributed by atoms with E-state index in [2.05, 4.69) is 0 Å². The molecule has 0 saturated carbocycles. The van der Waals surface area contributed by atoms with E-state index < -0.39 is 12.3 Å². The molecule has 0 aliphatic carbocycles. The molecule has 0 aromatic rings. The fourth-order valence-corrected chi connectivity index (χ4v) is 0. The predicted molar refractivity (Wildman–Crippen MR) is 19.7 cm³/mol. The van der Waals surface area contributed by atoms with Crippen LogP contribution in [0.1, 0.15) is 8.29 Å². The highest BCUT2D eigenvalue weighted by molar-refractivity contribution is 5.55. The monoisotopic (exact) mass is 74.1 g/mol. The summed E-state index contributed by atoms with van der Waals surface area (Å²) in [6, 6.07) is -0.620. The summed E-state index contributed by atoms with van der Waals surface area (Å²) >= 11 is 0. The minimum Gasteiger partial charge on any atom is -0.322 e. The Labute approximate surface area is 32.4 Å². The lowest BCUT2D eigenvalue weighted by Gasteiger charge is -1.80. The third kappa shape index (κ3) is 3.63. The molecule has 0 amide bonds. The Morgan fingerprint density at radius 1 is 2.40 bits per heavy atom. The maximum atomic E-state index is 9.69. The van der Waals surface area contributed by atoms with Gasteiger partial charge in [0.1, 0.15) is 7.63 Å². The third-order valence-electron chi connectivity index (χ3n) is 0.186. The van der Waals surface area contributed by atoms with E-state index in [0.29, 0.717) is 0 Å². The SMILES string of the molecule is [2H]C(=O)[C@H](C)N. The number of carbonyl (C=O) groups excluding carboxylic acids is 1. The molecule has 0 radical (unpaired) electrons. The summed E-state index contributed by atoms with van der Waals surface area (Å²) in [5.74, 6) is 0. The summed E-state index contributed by atoms with van der Waals surface area (Å²) in [6.07, 6.45) is -0.713. The van der Waals surface area contributed by atoms with Crippen molar-refractivity contribution >= 4 is 6.26 Å². The molecule has 0 rings (SSSR count).